The Morgan fingerprint density at radius 1 is 1.03 bits per heavy atom. The third-order valence-corrected chi connectivity index (χ3v) is 6.46. The van der Waals surface area contributed by atoms with Crippen molar-refractivity contribution in [3.05, 3.63) is 83.7 Å². The number of nitrogens with one attached hydrogen (secondary N) is 2. The minimum Gasteiger partial charge on any atom is -0.319 e. The van der Waals surface area contributed by atoms with Gasteiger partial charge in [-0.05, 0) is 35.4 Å². The number of carbonyl (C=O) groups excluding carboxylic acids is 2. The zero-order valence-electron chi connectivity index (χ0n) is 17.4. The molecule has 2 aliphatic rings. The Bertz CT molecular complexity index is 1150. The van der Waals surface area contributed by atoms with Crippen molar-refractivity contribution in [3.63, 3.8) is 0 Å². The number of benzene rings is 3. The molecule has 2 fully saturated rings. The minimum atomic E-state index is -1.11. The predicted octanol–water partition coefficient (Wildman–Crippen LogP) is 2.95. The molecule has 5 nitrogen and oxygen atoms in total. The highest BCUT2D eigenvalue weighted by molar-refractivity contribution is 6.09. The molecule has 31 heavy (non-hydrogen) atoms. The Labute approximate surface area is 180 Å². The molecule has 5 rings (SSSR count). The molecule has 3 aromatic rings. The molecule has 3 aromatic carbocycles. The van der Waals surface area contributed by atoms with Gasteiger partial charge in [-0.3, -0.25) is 4.79 Å². The smallest absolute Gasteiger partial charge is 0.319 e. The van der Waals surface area contributed by atoms with Crippen LogP contribution in [0.4, 0.5) is 9.18 Å². The molecule has 0 aromatic heterocycles. The average molecular weight is 418 g/mol. The van der Waals surface area contributed by atoms with Gasteiger partial charge >= 0.3 is 6.03 Å². The highest BCUT2D eigenvalue weighted by atomic mass is 19.1. The lowest BCUT2D eigenvalue weighted by atomic mass is 9.88. The number of nitrogens with zero attached hydrogens (tertiary/aromatic N) is 1. The van der Waals surface area contributed by atoms with Crippen LogP contribution in [0.5, 0.6) is 0 Å². The maximum atomic E-state index is 13.5. The van der Waals surface area contributed by atoms with Crippen molar-refractivity contribution in [2.45, 2.75) is 37.9 Å². The molecule has 1 unspecified atom stereocenters. The molecule has 0 spiro atoms. The second-order valence-electron chi connectivity index (χ2n) is 8.71. The molecule has 1 saturated heterocycles. The van der Waals surface area contributed by atoms with E-state index in [-0.39, 0.29) is 17.8 Å². The maximum absolute atomic E-state index is 13.5. The summed E-state index contributed by atoms with van der Waals surface area (Å²) >= 11 is 0. The Morgan fingerprint density at radius 3 is 2.48 bits per heavy atom. The lowest BCUT2D eigenvalue weighted by molar-refractivity contribution is -0.931. The van der Waals surface area contributed by atoms with E-state index in [9.17, 15) is 14.0 Å². The van der Waals surface area contributed by atoms with Crippen LogP contribution in [0, 0.1) is 5.82 Å². The van der Waals surface area contributed by atoms with Crippen LogP contribution >= 0.6 is 0 Å². The number of urea groups is 1. The highest BCUT2D eigenvalue weighted by Crippen LogP contribution is 2.33. The first-order valence-corrected chi connectivity index (χ1v) is 10.7. The molecule has 158 valence electrons. The highest BCUT2D eigenvalue weighted by Gasteiger charge is 2.51. The molecular weight excluding hydrogens is 393 g/mol. The monoisotopic (exact) mass is 418 g/mol. The van der Waals surface area contributed by atoms with Gasteiger partial charge in [0.2, 0.25) is 0 Å². The number of imide groups is 1. The fourth-order valence-corrected chi connectivity index (χ4v) is 4.57. The van der Waals surface area contributed by atoms with Crippen molar-refractivity contribution < 1.29 is 18.9 Å². The van der Waals surface area contributed by atoms with Crippen LogP contribution in [0.15, 0.2) is 66.7 Å². The fraction of sp³-hybridized carbons (Fsp3) is 0.280. The van der Waals surface area contributed by atoms with Crippen LogP contribution in [0.1, 0.15) is 30.9 Å². The standard InChI is InChI=1S/C25H24FN3O2/c1-25(22-8-4-6-18-5-2-3-7-21(18)22)23(30)29(24(31)27-25)16-28(20-13-14-20)15-17-9-11-19(26)12-10-17/h2-12,20H,13-16H2,1H3,(H,27,31)/p+1/t25-/m1/s1. The number of hydrogen-bond acceptors (Lipinski definition) is 2. The first-order chi connectivity index (χ1) is 15.0. The van der Waals surface area contributed by atoms with E-state index in [4.69, 9.17) is 0 Å². The third kappa shape index (κ3) is 3.57. The normalized spacial score (nSPS) is 22.1. The van der Waals surface area contributed by atoms with Crippen LogP contribution in [0.2, 0.25) is 0 Å². The van der Waals surface area contributed by atoms with E-state index in [1.165, 1.54) is 17.0 Å². The van der Waals surface area contributed by atoms with Crippen LogP contribution in [-0.4, -0.2) is 29.5 Å². The number of halogens is 1. The zero-order chi connectivity index (χ0) is 21.6. The van der Waals surface area contributed by atoms with E-state index in [0.717, 1.165) is 39.6 Å². The van der Waals surface area contributed by atoms with Gasteiger partial charge in [0.05, 0.1) is 6.04 Å². The van der Waals surface area contributed by atoms with Gasteiger partial charge in [0.25, 0.3) is 5.91 Å². The quantitative estimate of drug-likeness (QED) is 0.605. The first-order valence-electron chi connectivity index (χ1n) is 10.7. The van der Waals surface area contributed by atoms with Crippen molar-refractivity contribution in [1.29, 1.82) is 0 Å². The predicted molar refractivity (Wildman–Crippen MR) is 116 cm³/mol. The molecule has 1 heterocycles. The summed E-state index contributed by atoms with van der Waals surface area (Å²) in [6.07, 6.45) is 2.14. The van der Waals surface area contributed by atoms with Crippen molar-refractivity contribution >= 4 is 22.7 Å². The van der Waals surface area contributed by atoms with Crippen LogP contribution < -0.4 is 10.2 Å². The lowest BCUT2D eigenvalue weighted by Crippen LogP contribution is -3.13. The SMILES string of the molecule is C[C@]1(c2cccc3ccccc23)NC(=O)N(C[NH+](Cc2ccc(F)cc2)C2CC2)C1=O. The van der Waals surface area contributed by atoms with E-state index in [1.807, 2.05) is 42.5 Å². The second-order valence-corrected chi connectivity index (χ2v) is 8.71. The van der Waals surface area contributed by atoms with Crippen LogP contribution in [0.25, 0.3) is 10.8 Å². The number of quaternary nitrogens is 1. The van der Waals surface area contributed by atoms with E-state index >= 15 is 0 Å². The van der Waals surface area contributed by atoms with Crippen molar-refractivity contribution in [2.24, 2.45) is 0 Å². The minimum absolute atomic E-state index is 0.230. The van der Waals surface area contributed by atoms with Gasteiger partial charge in [0.1, 0.15) is 17.9 Å². The lowest BCUT2D eigenvalue weighted by Gasteiger charge is -2.26. The largest absolute Gasteiger partial charge is 0.329 e. The van der Waals surface area contributed by atoms with E-state index in [0.29, 0.717) is 19.3 Å². The van der Waals surface area contributed by atoms with Crippen molar-refractivity contribution in [3.8, 4) is 0 Å². The molecule has 6 heteroatoms. The maximum Gasteiger partial charge on any atom is 0.329 e. The van der Waals surface area contributed by atoms with Gasteiger partial charge in [-0.1, -0.05) is 54.6 Å². The number of rotatable bonds is 6. The topological polar surface area (TPSA) is 53.9 Å². The molecule has 2 atom stereocenters. The van der Waals surface area contributed by atoms with Gasteiger partial charge in [0.15, 0.2) is 6.67 Å². The average Bonchev–Trinajstić information content (AvgIpc) is 3.59. The summed E-state index contributed by atoms with van der Waals surface area (Å²) in [5.41, 5.74) is 0.688. The van der Waals surface area contributed by atoms with Gasteiger partial charge in [-0.15, -0.1) is 0 Å². The van der Waals surface area contributed by atoms with E-state index < -0.39 is 5.54 Å². The van der Waals surface area contributed by atoms with Crippen molar-refractivity contribution in [2.75, 3.05) is 6.67 Å². The van der Waals surface area contributed by atoms with Crippen LogP contribution in [0.3, 0.4) is 0 Å². The molecule has 1 saturated carbocycles. The summed E-state index contributed by atoms with van der Waals surface area (Å²) in [7, 11) is 0. The summed E-state index contributed by atoms with van der Waals surface area (Å²) in [5.74, 6) is -0.497. The van der Waals surface area contributed by atoms with Crippen LogP contribution in [-0.2, 0) is 16.9 Å². The summed E-state index contributed by atoms with van der Waals surface area (Å²) in [6, 6.07) is 20.2. The molecular formula is C25H25FN3O2+. The third-order valence-electron chi connectivity index (χ3n) is 6.46. The second kappa shape index (κ2) is 7.46. The molecule has 2 N–H and O–H groups in total. The summed E-state index contributed by atoms with van der Waals surface area (Å²) in [5, 5.41) is 4.94. The molecule has 3 amide bonds. The molecule has 0 radical (unpaired) electrons. The number of carbonyl (C=O) groups is 2. The Hall–Kier alpha value is -3.25. The van der Waals surface area contributed by atoms with E-state index in [2.05, 4.69) is 5.32 Å². The molecule has 0 bridgehead atoms. The summed E-state index contributed by atoms with van der Waals surface area (Å²) in [6.45, 7) is 2.73. The fourth-order valence-electron chi connectivity index (χ4n) is 4.57. The molecule has 1 aliphatic carbocycles. The molecule has 1 aliphatic heterocycles. The number of fused-ring (bicyclic) bond motifs is 1. The Balaban J connectivity index is 1.42. The Kier molecular flexibility index (Phi) is 4.74. The zero-order valence-corrected chi connectivity index (χ0v) is 17.4. The first kappa shape index (κ1) is 19.7. The number of hydrogen-bond donors (Lipinski definition) is 2. The Morgan fingerprint density at radius 2 is 1.74 bits per heavy atom. The van der Waals surface area contributed by atoms with Gasteiger partial charge in [-0.2, -0.15) is 0 Å². The van der Waals surface area contributed by atoms with Gasteiger partial charge < -0.3 is 10.2 Å². The van der Waals surface area contributed by atoms with Gasteiger partial charge in [-0.25, -0.2) is 14.1 Å². The van der Waals surface area contributed by atoms with Crippen molar-refractivity contribution in [1.82, 2.24) is 10.2 Å². The summed E-state index contributed by atoms with van der Waals surface area (Å²) < 4.78 is 13.3. The number of amides is 3. The summed E-state index contributed by atoms with van der Waals surface area (Å²) in [4.78, 5) is 28.9. The van der Waals surface area contributed by atoms with Gasteiger partial charge in [0, 0.05) is 18.4 Å². The van der Waals surface area contributed by atoms with E-state index in [1.54, 1.807) is 19.1 Å².